The molecule has 3 rings (SSSR count). The highest BCUT2D eigenvalue weighted by molar-refractivity contribution is 14.1. The minimum atomic E-state index is -0.0104. The van der Waals surface area contributed by atoms with Crippen LogP contribution in [-0.2, 0) is 0 Å². The summed E-state index contributed by atoms with van der Waals surface area (Å²) >= 11 is 8.94. The Morgan fingerprint density at radius 1 is 1.19 bits per heavy atom. The van der Waals surface area contributed by atoms with Gasteiger partial charge in [0.1, 0.15) is 0 Å². The molecule has 0 saturated heterocycles. The normalized spacial score (nSPS) is 16.0. The molecule has 1 aliphatic rings. The Bertz CT molecular complexity index is 913. The molecule has 0 N–H and O–H groups in total. The molecule has 0 aliphatic carbocycles. The van der Waals surface area contributed by atoms with Crippen LogP contribution in [0.15, 0.2) is 41.4 Å². The summed E-state index contributed by atoms with van der Waals surface area (Å²) in [6.07, 6.45) is 4.20. The Hall–Kier alpha value is -1.33. The highest BCUT2D eigenvalue weighted by Gasteiger charge is 2.30. The van der Waals surface area contributed by atoms with Gasteiger partial charge in [0, 0.05) is 33.1 Å². The fourth-order valence-electron chi connectivity index (χ4n) is 3.64. The Balaban J connectivity index is 2.02. The number of hydrogen-bond acceptors (Lipinski definition) is 2. The van der Waals surface area contributed by atoms with E-state index in [1.807, 2.05) is 12.3 Å². The summed E-state index contributed by atoms with van der Waals surface area (Å²) in [6.45, 7) is 11.9. The van der Waals surface area contributed by atoms with Gasteiger partial charge in [0.2, 0.25) is 0 Å². The van der Waals surface area contributed by atoms with Crippen LogP contribution >= 0.6 is 34.2 Å². The maximum atomic E-state index is 6.61. The van der Waals surface area contributed by atoms with Gasteiger partial charge in [-0.1, -0.05) is 17.7 Å². The van der Waals surface area contributed by atoms with Crippen LogP contribution in [-0.4, -0.2) is 18.3 Å². The Morgan fingerprint density at radius 3 is 2.58 bits per heavy atom. The highest BCUT2D eigenvalue weighted by atomic mass is 127. The van der Waals surface area contributed by atoms with Crippen LogP contribution in [0.3, 0.4) is 0 Å². The molecule has 1 aliphatic heterocycles. The maximum Gasteiger partial charge on any atom is 0.0633 e. The summed E-state index contributed by atoms with van der Waals surface area (Å²) in [5.41, 5.74) is 6.83. The fraction of sp³-hybridized carbons (Fsp3) is 0.318. The summed E-state index contributed by atoms with van der Waals surface area (Å²) in [6, 6.07) is 10.5. The summed E-state index contributed by atoms with van der Waals surface area (Å²) < 4.78 is 1.25. The molecular formula is C22H24ClIN2. The first-order chi connectivity index (χ1) is 12.2. The van der Waals surface area contributed by atoms with Crippen LogP contribution < -0.4 is 4.90 Å². The van der Waals surface area contributed by atoms with Crippen molar-refractivity contribution in [3.63, 3.8) is 0 Å². The minimum Gasteiger partial charge on any atom is -0.363 e. The van der Waals surface area contributed by atoms with Crippen LogP contribution in [0.5, 0.6) is 0 Å². The van der Waals surface area contributed by atoms with Crippen molar-refractivity contribution in [3.05, 3.63) is 61.7 Å². The Labute approximate surface area is 175 Å². The standard InChI is InChI=1S/C22H24ClIN2/c1-6-26-21-11-19(23)16(10-18(21)15(3)12-22(26,4)5)13-25-17-7-8-20(24)14(2)9-17/h7-13H,6H2,1-5H3. The van der Waals surface area contributed by atoms with Gasteiger partial charge in [-0.25, -0.2) is 0 Å². The smallest absolute Gasteiger partial charge is 0.0633 e. The van der Waals surface area contributed by atoms with Crippen LogP contribution in [0.25, 0.3) is 5.57 Å². The van der Waals surface area contributed by atoms with Crippen LogP contribution in [0.2, 0.25) is 5.02 Å². The average molecular weight is 479 g/mol. The van der Waals surface area contributed by atoms with Crippen LogP contribution in [0.4, 0.5) is 11.4 Å². The molecule has 26 heavy (non-hydrogen) atoms. The summed E-state index contributed by atoms with van der Waals surface area (Å²) in [5, 5.41) is 0.735. The van der Waals surface area contributed by atoms with Gasteiger partial charge in [0.15, 0.2) is 0 Å². The molecule has 0 amide bonds. The molecule has 1 heterocycles. The number of benzene rings is 2. The number of anilines is 1. The van der Waals surface area contributed by atoms with Crippen molar-refractivity contribution < 1.29 is 0 Å². The van der Waals surface area contributed by atoms with Crippen molar-refractivity contribution in [3.8, 4) is 0 Å². The van der Waals surface area contributed by atoms with Gasteiger partial charge in [0.05, 0.1) is 16.2 Å². The van der Waals surface area contributed by atoms with Gasteiger partial charge >= 0.3 is 0 Å². The van der Waals surface area contributed by atoms with Crippen molar-refractivity contribution in [2.24, 2.45) is 4.99 Å². The van der Waals surface area contributed by atoms with Crippen LogP contribution in [0, 0.1) is 10.5 Å². The predicted octanol–water partition coefficient (Wildman–Crippen LogP) is 7.03. The van der Waals surface area contributed by atoms with Gasteiger partial charge in [-0.15, -0.1) is 0 Å². The SMILES string of the molecule is CCN1c2cc(Cl)c(C=Nc3ccc(I)c(C)c3)cc2C(C)=CC1(C)C. The van der Waals surface area contributed by atoms with Crippen molar-refractivity contribution in [2.75, 3.05) is 11.4 Å². The first-order valence-electron chi connectivity index (χ1n) is 8.84. The predicted molar refractivity (Wildman–Crippen MR) is 123 cm³/mol. The van der Waals surface area contributed by atoms with Gasteiger partial charge in [0.25, 0.3) is 0 Å². The molecule has 2 aromatic carbocycles. The van der Waals surface area contributed by atoms with E-state index >= 15 is 0 Å². The summed E-state index contributed by atoms with van der Waals surface area (Å²) in [7, 11) is 0. The van der Waals surface area contributed by atoms with E-state index < -0.39 is 0 Å². The first-order valence-corrected chi connectivity index (χ1v) is 10.3. The number of nitrogens with zero attached hydrogens (tertiary/aromatic N) is 2. The van der Waals surface area contributed by atoms with Gasteiger partial charge in [-0.3, -0.25) is 4.99 Å². The van der Waals surface area contributed by atoms with E-state index in [9.17, 15) is 0 Å². The molecule has 0 aromatic heterocycles. The second-order valence-electron chi connectivity index (χ2n) is 7.31. The number of aliphatic imine (C=N–C) groups is 1. The van der Waals surface area contributed by atoms with Crippen molar-refractivity contribution in [1.82, 2.24) is 0 Å². The molecule has 0 spiro atoms. The van der Waals surface area contributed by atoms with E-state index in [1.165, 1.54) is 26.0 Å². The second kappa shape index (κ2) is 7.35. The highest BCUT2D eigenvalue weighted by Crippen LogP contribution is 2.41. The number of aryl methyl sites for hydroxylation is 1. The number of fused-ring (bicyclic) bond motifs is 1. The zero-order chi connectivity index (χ0) is 19.1. The lowest BCUT2D eigenvalue weighted by molar-refractivity contribution is 0.566. The lowest BCUT2D eigenvalue weighted by Crippen LogP contribution is -2.44. The Morgan fingerprint density at radius 2 is 1.92 bits per heavy atom. The first kappa shape index (κ1) is 19.4. The monoisotopic (exact) mass is 478 g/mol. The van der Waals surface area contributed by atoms with Gasteiger partial charge in [-0.05, 0) is 98.7 Å². The number of likely N-dealkylation sites (N-methyl/N-ethyl adjacent to an activating group) is 1. The Kier molecular flexibility index (Phi) is 5.50. The molecule has 0 fully saturated rings. The summed E-state index contributed by atoms with van der Waals surface area (Å²) in [4.78, 5) is 7.03. The molecule has 2 aromatic rings. The third-order valence-corrected chi connectivity index (χ3v) is 6.44. The number of hydrogen-bond donors (Lipinski definition) is 0. The second-order valence-corrected chi connectivity index (χ2v) is 8.88. The van der Waals surface area contributed by atoms with Crippen LogP contribution in [0.1, 0.15) is 44.4 Å². The lowest BCUT2D eigenvalue weighted by atomic mass is 9.88. The fourth-order valence-corrected chi connectivity index (χ4v) is 4.19. The number of rotatable bonds is 3. The molecule has 4 heteroatoms. The quantitative estimate of drug-likeness (QED) is 0.342. The van der Waals surface area contributed by atoms with Crippen molar-refractivity contribution in [1.29, 1.82) is 0 Å². The molecule has 0 saturated carbocycles. The minimum absolute atomic E-state index is 0.0104. The third-order valence-electron chi connectivity index (χ3n) is 4.91. The average Bonchev–Trinajstić information content (AvgIpc) is 2.56. The van der Waals surface area contributed by atoms with E-state index in [0.29, 0.717) is 0 Å². The largest absolute Gasteiger partial charge is 0.363 e. The topological polar surface area (TPSA) is 15.6 Å². The van der Waals surface area contributed by atoms with E-state index in [4.69, 9.17) is 11.6 Å². The van der Waals surface area contributed by atoms with E-state index in [1.54, 1.807) is 0 Å². The number of allylic oxidation sites excluding steroid dienone is 1. The lowest BCUT2D eigenvalue weighted by Gasteiger charge is -2.43. The van der Waals surface area contributed by atoms with E-state index in [2.05, 4.69) is 97.4 Å². The molecular weight excluding hydrogens is 455 g/mol. The molecule has 0 radical (unpaired) electrons. The van der Waals surface area contributed by atoms with Gasteiger partial charge in [-0.2, -0.15) is 0 Å². The van der Waals surface area contributed by atoms with E-state index in [0.717, 1.165) is 22.8 Å². The maximum absolute atomic E-state index is 6.61. The van der Waals surface area contributed by atoms with Crippen molar-refractivity contribution in [2.45, 2.75) is 40.2 Å². The molecule has 0 atom stereocenters. The van der Waals surface area contributed by atoms with Gasteiger partial charge < -0.3 is 4.90 Å². The zero-order valence-corrected chi connectivity index (χ0v) is 18.8. The molecule has 0 bridgehead atoms. The zero-order valence-electron chi connectivity index (χ0n) is 15.9. The number of halogens is 2. The van der Waals surface area contributed by atoms with E-state index in [-0.39, 0.29) is 5.54 Å². The third kappa shape index (κ3) is 3.70. The van der Waals surface area contributed by atoms with Crippen molar-refractivity contribution >= 4 is 57.4 Å². The summed E-state index contributed by atoms with van der Waals surface area (Å²) in [5.74, 6) is 0. The molecule has 0 unspecified atom stereocenters. The molecule has 2 nitrogen and oxygen atoms in total. The molecule has 136 valence electrons.